The highest BCUT2D eigenvalue weighted by molar-refractivity contribution is 5.92. The number of rotatable bonds is 5. The average molecular weight is 325 g/mol. The minimum atomic E-state index is -0.383. The highest BCUT2D eigenvalue weighted by atomic mass is 16.1. The van der Waals surface area contributed by atoms with E-state index in [1.165, 1.54) is 0 Å². The predicted octanol–water partition coefficient (Wildman–Crippen LogP) is 1.68. The number of carbonyl (C=O) groups is 1. The number of benzene rings is 1. The summed E-state index contributed by atoms with van der Waals surface area (Å²) in [6.07, 6.45) is 3.98. The third-order valence-electron chi connectivity index (χ3n) is 4.55. The summed E-state index contributed by atoms with van der Waals surface area (Å²) in [5, 5.41) is 8.19. The molecule has 3 rings (SSSR count). The van der Waals surface area contributed by atoms with Crippen LogP contribution in [0.25, 0.3) is 0 Å². The molecule has 0 bridgehead atoms. The van der Waals surface area contributed by atoms with Gasteiger partial charge in [0, 0.05) is 37.4 Å². The Morgan fingerprint density at radius 2 is 2.25 bits per heavy atom. The average Bonchev–Trinajstić information content (AvgIpc) is 2.63. The molecule has 2 heterocycles. The molecule has 126 valence electrons. The van der Waals surface area contributed by atoms with Gasteiger partial charge in [0.2, 0.25) is 5.91 Å². The second-order valence-corrected chi connectivity index (χ2v) is 6.30. The normalized spacial score (nSPS) is 17.9. The predicted molar refractivity (Wildman–Crippen MR) is 93.7 cm³/mol. The van der Waals surface area contributed by atoms with Crippen LogP contribution in [0.2, 0.25) is 0 Å². The summed E-state index contributed by atoms with van der Waals surface area (Å²) in [6.45, 7) is 2.74. The fraction of sp³-hybridized carbons (Fsp3) is 0.389. The van der Waals surface area contributed by atoms with Crippen LogP contribution >= 0.6 is 0 Å². The molecule has 0 aliphatic carbocycles. The molecule has 0 spiro atoms. The minimum absolute atomic E-state index is 0.383. The summed E-state index contributed by atoms with van der Waals surface area (Å²) in [4.78, 5) is 16.0. The van der Waals surface area contributed by atoms with Crippen molar-refractivity contribution in [2.45, 2.75) is 25.4 Å². The highest BCUT2D eigenvalue weighted by Crippen LogP contribution is 2.21. The van der Waals surface area contributed by atoms with Gasteiger partial charge in [0.15, 0.2) is 5.82 Å². The van der Waals surface area contributed by atoms with Crippen molar-refractivity contribution in [3.63, 3.8) is 0 Å². The molecule has 1 fully saturated rings. The van der Waals surface area contributed by atoms with Crippen molar-refractivity contribution in [2.24, 2.45) is 5.73 Å². The van der Waals surface area contributed by atoms with Crippen molar-refractivity contribution in [2.75, 3.05) is 25.0 Å². The molecular weight excluding hydrogens is 302 g/mol. The number of carbonyl (C=O) groups excluding carboxylic acids is 1. The zero-order valence-electron chi connectivity index (χ0n) is 13.9. The number of hydrogen-bond acceptors (Lipinski definition) is 5. The molecule has 24 heavy (non-hydrogen) atoms. The van der Waals surface area contributed by atoms with E-state index in [9.17, 15) is 4.79 Å². The van der Waals surface area contributed by atoms with Crippen LogP contribution in [0, 0.1) is 0 Å². The maximum atomic E-state index is 11.3. The molecule has 1 saturated heterocycles. The Morgan fingerprint density at radius 3 is 3.00 bits per heavy atom. The van der Waals surface area contributed by atoms with Gasteiger partial charge in [0.1, 0.15) is 0 Å². The van der Waals surface area contributed by atoms with Crippen LogP contribution in [0.5, 0.6) is 0 Å². The molecule has 1 amide bonds. The molecule has 6 nitrogen and oxygen atoms in total. The monoisotopic (exact) mass is 325 g/mol. The minimum Gasteiger partial charge on any atom is -0.366 e. The molecular formula is C18H23N5O. The summed E-state index contributed by atoms with van der Waals surface area (Å²) < 4.78 is 0. The van der Waals surface area contributed by atoms with Gasteiger partial charge in [0.25, 0.3) is 0 Å². The topological polar surface area (TPSA) is 75.3 Å². The lowest BCUT2D eigenvalue weighted by Gasteiger charge is -2.38. The third-order valence-corrected chi connectivity index (χ3v) is 4.55. The molecule has 6 heteroatoms. The van der Waals surface area contributed by atoms with Crippen LogP contribution < -0.4 is 10.6 Å². The first-order chi connectivity index (χ1) is 11.6. The molecule has 1 aromatic heterocycles. The van der Waals surface area contributed by atoms with E-state index in [1.54, 1.807) is 12.3 Å². The fourth-order valence-corrected chi connectivity index (χ4v) is 3.22. The van der Waals surface area contributed by atoms with Crippen molar-refractivity contribution in [1.29, 1.82) is 0 Å². The zero-order chi connectivity index (χ0) is 16.9. The SMILES string of the molecule is CN(Cc1cccc(C(N)=O)c1)[C@H]1CCCN(c2cccnn2)C1. The summed E-state index contributed by atoms with van der Waals surface area (Å²) in [7, 11) is 2.13. The van der Waals surface area contributed by atoms with Gasteiger partial charge in [-0.2, -0.15) is 5.10 Å². The number of primary amides is 1. The van der Waals surface area contributed by atoms with Gasteiger partial charge >= 0.3 is 0 Å². The molecule has 1 aliphatic heterocycles. The third kappa shape index (κ3) is 3.89. The van der Waals surface area contributed by atoms with Gasteiger partial charge in [-0.25, -0.2) is 0 Å². The van der Waals surface area contributed by atoms with E-state index < -0.39 is 0 Å². The lowest BCUT2D eigenvalue weighted by Crippen LogP contribution is -2.46. The summed E-state index contributed by atoms with van der Waals surface area (Å²) in [6, 6.07) is 11.9. The molecule has 1 atom stereocenters. The van der Waals surface area contributed by atoms with Gasteiger partial charge in [0.05, 0.1) is 0 Å². The number of piperidine rings is 1. The van der Waals surface area contributed by atoms with Crippen molar-refractivity contribution >= 4 is 11.7 Å². The quantitative estimate of drug-likeness (QED) is 0.905. The van der Waals surface area contributed by atoms with E-state index in [4.69, 9.17) is 5.73 Å². The van der Waals surface area contributed by atoms with E-state index in [-0.39, 0.29) is 5.91 Å². The molecule has 1 aliphatic rings. The number of aromatic nitrogens is 2. The molecule has 2 aromatic rings. The maximum Gasteiger partial charge on any atom is 0.248 e. The maximum absolute atomic E-state index is 11.3. The Hall–Kier alpha value is -2.47. The van der Waals surface area contributed by atoms with Gasteiger partial charge in [-0.3, -0.25) is 9.69 Å². The molecule has 2 N–H and O–H groups in total. The standard InChI is InChI=1S/C18H23N5O/c1-22(12-14-5-2-6-15(11-14)18(19)24)16-7-4-10-23(13-16)17-8-3-9-20-21-17/h2-3,5-6,8-9,11,16H,4,7,10,12-13H2,1H3,(H2,19,24)/t16-/m0/s1. The van der Waals surface area contributed by atoms with Crippen molar-refractivity contribution in [3.05, 3.63) is 53.7 Å². The van der Waals surface area contributed by atoms with Gasteiger partial charge in [-0.15, -0.1) is 5.10 Å². The Balaban J connectivity index is 1.65. The Labute approximate surface area is 142 Å². The van der Waals surface area contributed by atoms with Crippen LogP contribution in [-0.4, -0.2) is 47.2 Å². The summed E-state index contributed by atoms with van der Waals surface area (Å²) in [5.41, 5.74) is 7.03. The second kappa shape index (κ2) is 7.40. The Morgan fingerprint density at radius 1 is 1.38 bits per heavy atom. The van der Waals surface area contributed by atoms with E-state index >= 15 is 0 Å². The lowest BCUT2D eigenvalue weighted by molar-refractivity contribution is 0.1000. The van der Waals surface area contributed by atoms with Crippen molar-refractivity contribution < 1.29 is 4.79 Å². The number of likely N-dealkylation sites (N-methyl/N-ethyl adjacent to an activating group) is 1. The van der Waals surface area contributed by atoms with Gasteiger partial charge in [-0.05, 0) is 49.7 Å². The van der Waals surface area contributed by atoms with E-state index in [0.717, 1.165) is 43.9 Å². The van der Waals surface area contributed by atoms with Crippen LogP contribution in [0.3, 0.4) is 0 Å². The van der Waals surface area contributed by atoms with E-state index in [1.807, 2.05) is 30.3 Å². The summed E-state index contributed by atoms with van der Waals surface area (Å²) >= 11 is 0. The summed E-state index contributed by atoms with van der Waals surface area (Å²) in [5.74, 6) is 0.553. The highest BCUT2D eigenvalue weighted by Gasteiger charge is 2.24. The molecule has 1 aromatic carbocycles. The van der Waals surface area contributed by atoms with Crippen molar-refractivity contribution in [1.82, 2.24) is 15.1 Å². The fourth-order valence-electron chi connectivity index (χ4n) is 3.22. The first kappa shape index (κ1) is 16.4. The van der Waals surface area contributed by atoms with Crippen molar-refractivity contribution in [3.8, 4) is 0 Å². The van der Waals surface area contributed by atoms with Crippen LogP contribution in [0.1, 0.15) is 28.8 Å². The Kier molecular flexibility index (Phi) is 5.05. The zero-order valence-corrected chi connectivity index (χ0v) is 13.9. The van der Waals surface area contributed by atoms with Crippen LogP contribution in [0.15, 0.2) is 42.6 Å². The molecule has 0 saturated carbocycles. The van der Waals surface area contributed by atoms with E-state index in [0.29, 0.717) is 11.6 Å². The smallest absolute Gasteiger partial charge is 0.248 e. The largest absolute Gasteiger partial charge is 0.366 e. The number of amides is 1. The van der Waals surface area contributed by atoms with E-state index in [2.05, 4.69) is 27.0 Å². The Bertz CT molecular complexity index is 691. The first-order valence-electron chi connectivity index (χ1n) is 8.25. The van der Waals surface area contributed by atoms with Crippen LogP contribution in [-0.2, 0) is 6.54 Å². The number of hydrogen-bond donors (Lipinski definition) is 1. The number of nitrogens with zero attached hydrogens (tertiary/aromatic N) is 4. The molecule has 0 unspecified atom stereocenters. The van der Waals surface area contributed by atoms with Gasteiger partial charge in [-0.1, -0.05) is 12.1 Å². The second-order valence-electron chi connectivity index (χ2n) is 6.30. The lowest BCUT2D eigenvalue weighted by atomic mass is 10.0. The number of anilines is 1. The van der Waals surface area contributed by atoms with Gasteiger partial charge < -0.3 is 10.6 Å². The number of nitrogens with two attached hydrogens (primary N) is 1. The first-order valence-corrected chi connectivity index (χ1v) is 8.25. The molecule has 0 radical (unpaired) electrons. The van der Waals surface area contributed by atoms with Crippen LogP contribution in [0.4, 0.5) is 5.82 Å².